The van der Waals surface area contributed by atoms with Crippen LogP contribution in [0.25, 0.3) is 0 Å². The molecule has 2 rings (SSSR count). The summed E-state index contributed by atoms with van der Waals surface area (Å²) in [6.07, 6.45) is 3.06. The van der Waals surface area contributed by atoms with E-state index < -0.39 is 12.1 Å². The number of hydrogen-bond acceptors (Lipinski definition) is 8. The molecule has 2 amide bonds. The maximum atomic E-state index is 12.3. The van der Waals surface area contributed by atoms with Gasteiger partial charge in [-0.1, -0.05) is 21.6 Å². The third-order valence-electron chi connectivity index (χ3n) is 4.58. The van der Waals surface area contributed by atoms with Crippen molar-refractivity contribution < 1.29 is 9.59 Å². The lowest BCUT2D eigenvalue weighted by molar-refractivity contribution is -0.132. The molecular weight excluding hydrogens is 372 g/mol. The Morgan fingerprint density at radius 2 is 1.31 bits per heavy atom. The van der Waals surface area contributed by atoms with E-state index in [1.807, 2.05) is 0 Å². The van der Waals surface area contributed by atoms with Crippen molar-refractivity contribution in [2.45, 2.75) is 49.9 Å². The Hall–Kier alpha value is -1.46. The van der Waals surface area contributed by atoms with Crippen LogP contribution in [0.1, 0.15) is 25.7 Å². The van der Waals surface area contributed by atoms with Crippen molar-refractivity contribution >= 4 is 33.4 Å². The van der Waals surface area contributed by atoms with Crippen molar-refractivity contribution in [3.05, 3.63) is 0 Å². The zero-order valence-corrected chi connectivity index (χ0v) is 16.2. The quantitative estimate of drug-likeness (QED) is 0.454. The Labute approximate surface area is 161 Å². The molecule has 2 heterocycles. The van der Waals surface area contributed by atoms with E-state index in [-0.39, 0.29) is 23.9 Å². The number of hydrogen-bond donors (Lipinski definition) is 2. The molecule has 0 aromatic carbocycles. The van der Waals surface area contributed by atoms with Crippen LogP contribution in [0.15, 0.2) is 0 Å². The van der Waals surface area contributed by atoms with Gasteiger partial charge in [-0.05, 0) is 25.7 Å². The summed E-state index contributed by atoms with van der Waals surface area (Å²) in [6.45, 7) is 1.16. The number of nitrogens with zero attached hydrogens (tertiary/aromatic N) is 4. The number of carbonyl (C=O) groups excluding carboxylic acids is 2. The topological polar surface area (TPSA) is 140 Å². The van der Waals surface area contributed by atoms with Crippen LogP contribution in [0.4, 0.5) is 0 Å². The number of rotatable bonds is 7. The van der Waals surface area contributed by atoms with Crippen LogP contribution in [0, 0.1) is 22.7 Å². The second-order valence-corrected chi connectivity index (χ2v) is 8.97. The summed E-state index contributed by atoms with van der Waals surface area (Å²) in [6, 6.07) is 2.19. The number of nitrogens with two attached hydrogens (primary N) is 2. The van der Waals surface area contributed by atoms with Gasteiger partial charge in [-0.2, -0.15) is 10.5 Å². The van der Waals surface area contributed by atoms with E-state index in [1.165, 1.54) is 21.6 Å². The van der Waals surface area contributed by atoms with Crippen LogP contribution in [-0.4, -0.2) is 70.4 Å². The van der Waals surface area contributed by atoms with Gasteiger partial charge in [0.15, 0.2) is 0 Å². The summed E-state index contributed by atoms with van der Waals surface area (Å²) in [5.41, 5.74) is 11.9. The molecule has 0 saturated carbocycles. The maximum Gasteiger partial charge on any atom is 0.241 e. The molecule has 2 aliphatic rings. The zero-order chi connectivity index (χ0) is 19.1. The lowest BCUT2D eigenvalue weighted by Gasteiger charge is -2.24. The Bertz CT molecular complexity index is 553. The smallest absolute Gasteiger partial charge is 0.241 e. The monoisotopic (exact) mass is 396 g/mol. The SMILES string of the molecule is N#CC1CCCN1C(=O)[C@@H](N)CSSC[C@H](N)C(=O)N1CCCC1C#N. The van der Waals surface area contributed by atoms with E-state index in [2.05, 4.69) is 12.1 Å². The van der Waals surface area contributed by atoms with Crippen molar-refractivity contribution in [2.24, 2.45) is 11.5 Å². The van der Waals surface area contributed by atoms with E-state index in [0.717, 1.165) is 12.8 Å². The molecule has 2 aliphatic heterocycles. The molecule has 4 N–H and O–H groups in total. The Kier molecular flexibility index (Phi) is 8.04. The van der Waals surface area contributed by atoms with Gasteiger partial charge in [-0.25, -0.2) is 0 Å². The standard InChI is InChI=1S/C16H24N6O2S2/c17-7-11-3-1-5-21(11)15(23)13(19)9-25-26-10-14(20)16(24)22-6-2-4-12(22)8-18/h11-14H,1-6,9-10,19-20H2/t11?,12?,13-,14-/m0/s1. The molecule has 0 aromatic heterocycles. The molecule has 8 nitrogen and oxygen atoms in total. The van der Waals surface area contributed by atoms with Gasteiger partial charge in [0.2, 0.25) is 11.8 Å². The highest BCUT2D eigenvalue weighted by Gasteiger charge is 2.33. The van der Waals surface area contributed by atoms with Crippen molar-refractivity contribution in [1.29, 1.82) is 10.5 Å². The normalized spacial score (nSPS) is 24.8. The molecule has 142 valence electrons. The molecular formula is C16H24N6O2S2. The molecule has 2 unspecified atom stereocenters. The van der Waals surface area contributed by atoms with Crippen LogP contribution in [0.2, 0.25) is 0 Å². The van der Waals surface area contributed by atoms with Gasteiger partial charge in [-0.3, -0.25) is 9.59 Å². The summed E-state index contributed by atoms with van der Waals surface area (Å²) in [7, 11) is 2.80. The Morgan fingerprint density at radius 3 is 1.65 bits per heavy atom. The number of likely N-dealkylation sites (tertiary alicyclic amines) is 2. The van der Waals surface area contributed by atoms with Crippen molar-refractivity contribution in [3.63, 3.8) is 0 Å². The predicted molar refractivity (Wildman–Crippen MR) is 102 cm³/mol. The molecule has 0 spiro atoms. The average Bonchev–Trinajstić information content (AvgIpc) is 3.31. The number of amides is 2. The minimum atomic E-state index is -0.671. The van der Waals surface area contributed by atoms with Gasteiger partial charge in [0.05, 0.1) is 24.2 Å². The largest absolute Gasteiger partial charge is 0.325 e. The van der Waals surface area contributed by atoms with Crippen molar-refractivity contribution in [1.82, 2.24) is 9.80 Å². The number of nitriles is 2. The molecule has 10 heteroatoms. The minimum Gasteiger partial charge on any atom is -0.325 e. The van der Waals surface area contributed by atoms with Crippen LogP contribution in [-0.2, 0) is 9.59 Å². The highest BCUT2D eigenvalue weighted by Crippen LogP contribution is 2.25. The Balaban J connectivity index is 1.69. The molecule has 4 atom stereocenters. The summed E-state index contributed by atoms with van der Waals surface area (Å²) in [4.78, 5) is 27.7. The van der Waals surface area contributed by atoms with Gasteiger partial charge in [0, 0.05) is 24.6 Å². The molecule has 0 aromatic rings. The highest BCUT2D eigenvalue weighted by atomic mass is 33.1. The molecule has 2 fully saturated rings. The Morgan fingerprint density at radius 1 is 0.923 bits per heavy atom. The fraction of sp³-hybridized carbons (Fsp3) is 0.750. The van der Waals surface area contributed by atoms with Crippen LogP contribution < -0.4 is 11.5 Å². The molecule has 2 saturated heterocycles. The van der Waals surface area contributed by atoms with Crippen LogP contribution in [0.5, 0.6) is 0 Å². The number of carbonyl (C=O) groups is 2. The second-order valence-electron chi connectivity index (χ2n) is 6.42. The van der Waals surface area contributed by atoms with E-state index in [1.54, 1.807) is 9.80 Å². The average molecular weight is 397 g/mol. The summed E-state index contributed by atoms with van der Waals surface area (Å²) >= 11 is 0. The lowest BCUT2D eigenvalue weighted by Crippen LogP contribution is -2.47. The maximum absolute atomic E-state index is 12.3. The van der Waals surface area contributed by atoms with E-state index >= 15 is 0 Å². The first-order valence-corrected chi connectivity index (χ1v) is 11.1. The first kappa shape index (κ1) is 20.8. The highest BCUT2D eigenvalue weighted by molar-refractivity contribution is 8.76. The van der Waals surface area contributed by atoms with Gasteiger partial charge < -0.3 is 21.3 Å². The first-order valence-electron chi connectivity index (χ1n) is 8.65. The fourth-order valence-electron chi connectivity index (χ4n) is 3.14. The summed E-state index contributed by atoms with van der Waals surface area (Å²) in [5.74, 6) is 0.389. The summed E-state index contributed by atoms with van der Waals surface area (Å²) in [5, 5.41) is 18.1. The fourth-order valence-corrected chi connectivity index (χ4v) is 5.37. The van der Waals surface area contributed by atoms with Gasteiger partial charge in [0.25, 0.3) is 0 Å². The van der Waals surface area contributed by atoms with Gasteiger partial charge >= 0.3 is 0 Å². The van der Waals surface area contributed by atoms with Crippen molar-refractivity contribution in [3.8, 4) is 12.1 Å². The van der Waals surface area contributed by atoms with E-state index in [0.29, 0.717) is 37.4 Å². The van der Waals surface area contributed by atoms with E-state index in [4.69, 9.17) is 22.0 Å². The molecule has 0 radical (unpaired) electrons. The summed E-state index contributed by atoms with van der Waals surface area (Å²) < 4.78 is 0. The predicted octanol–water partition coefficient (Wildman–Crippen LogP) is 0.0516. The zero-order valence-electron chi connectivity index (χ0n) is 14.5. The lowest BCUT2D eigenvalue weighted by atomic mass is 10.2. The van der Waals surface area contributed by atoms with Gasteiger partial charge in [-0.15, -0.1) is 0 Å². The van der Waals surface area contributed by atoms with Gasteiger partial charge in [0.1, 0.15) is 12.1 Å². The van der Waals surface area contributed by atoms with E-state index in [9.17, 15) is 9.59 Å². The van der Waals surface area contributed by atoms with Crippen molar-refractivity contribution in [2.75, 3.05) is 24.6 Å². The minimum absolute atomic E-state index is 0.198. The third-order valence-corrected chi connectivity index (χ3v) is 7.06. The first-order chi connectivity index (χ1) is 12.5. The van der Waals surface area contributed by atoms with Crippen LogP contribution in [0.3, 0.4) is 0 Å². The molecule has 0 bridgehead atoms. The third kappa shape index (κ3) is 5.04. The second kappa shape index (κ2) is 10.0. The van der Waals surface area contributed by atoms with Crippen LogP contribution >= 0.6 is 21.6 Å². The molecule has 26 heavy (non-hydrogen) atoms. The molecule has 0 aliphatic carbocycles.